The van der Waals surface area contributed by atoms with Gasteiger partial charge in [-0.3, -0.25) is 4.90 Å². The van der Waals surface area contributed by atoms with Crippen LogP contribution in [0.1, 0.15) is 88.7 Å². The Labute approximate surface area is 236 Å². The average molecular weight is 554 g/mol. The molecule has 1 saturated heterocycles. The van der Waals surface area contributed by atoms with E-state index in [0.717, 1.165) is 54.7 Å². The normalized spacial score (nSPS) is 16.2. The second-order valence-corrected chi connectivity index (χ2v) is 11.3. The third-order valence-corrected chi connectivity index (χ3v) is 8.47. The highest BCUT2D eigenvalue weighted by Crippen LogP contribution is 2.46. The van der Waals surface area contributed by atoms with Crippen molar-refractivity contribution in [2.45, 2.75) is 84.9 Å². The predicted octanol–water partition coefficient (Wildman–Crippen LogP) is 5.63. The number of hydrogen-bond donors (Lipinski definition) is 1. The predicted molar refractivity (Wildman–Crippen MR) is 154 cm³/mol. The molecule has 0 radical (unpaired) electrons. The summed E-state index contributed by atoms with van der Waals surface area (Å²) in [5.74, 6) is 1.19. The summed E-state index contributed by atoms with van der Waals surface area (Å²) in [5, 5.41) is 16.0. The maximum absolute atomic E-state index is 10.1. The second-order valence-electron chi connectivity index (χ2n) is 10.9. The molecule has 3 heterocycles. The van der Waals surface area contributed by atoms with Crippen LogP contribution in [0.3, 0.4) is 0 Å². The molecular weight excluding hydrogens is 514 g/mol. The van der Waals surface area contributed by atoms with Crippen molar-refractivity contribution in [3.05, 3.63) is 39.8 Å². The molecule has 10 heteroatoms. The molecular formula is C29H40ClN7O2. The minimum Gasteiger partial charge on any atom is -0.493 e. The van der Waals surface area contributed by atoms with Crippen molar-refractivity contribution in [1.29, 1.82) is 5.26 Å². The number of anilines is 1. The number of benzene rings is 1. The zero-order chi connectivity index (χ0) is 28.5. The number of unbranched alkanes of at least 4 members (excludes halogenated alkanes) is 1. The second kappa shape index (κ2) is 11.7. The van der Waals surface area contributed by atoms with E-state index in [1.807, 2.05) is 31.5 Å². The topological polar surface area (TPSA) is 115 Å². The SMILES string of the molecule is CCCCO[C@@H](C)C(C)(C)N1CC(c2c(C#N)c(Cl)cc(C(C)n3nc(C)c4c(N)ncnc43)c2OCC)C1. The summed E-state index contributed by atoms with van der Waals surface area (Å²) in [5.41, 5.74) is 9.57. The molecule has 0 bridgehead atoms. The number of hydrogen-bond acceptors (Lipinski definition) is 8. The first-order valence-electron chi connectivity index (χ1n) is 13.8. The molecule has 1 aliphatic rings. The first kappa shape index (κ1) is 29.1. The highest BCUT2D eigenvalue weighted by Gasteiger charge is 2.44. The van der Waals surface area contributed by atoms with Gasteiger partial charge in [-0.15, -0.1) is 0 Å². The molecule has 2 aromatic heterocycles. The Balaban J connectivity index is 1.72. The fourth-order valence-corrected chi connectivity index (χ4v) is 5.62. The van der Waals surface area contributed by atoms with Crippen LogP contribution in [0.4, 0.5) is 5.82 Å². The third-order valence-electron chi connectivity index (χ3n) is 8.17. The van der Waals surface area contributed by atoms with Crippen molar-refractivity contribution in [2.24, 2.45) is 0 Å². The number of aromatic nitrogens is 4. The lowest BCUT2D eigenvalue weighted by Crippen LogP contribution is -2.61. The van der Waals surface area contributed by atoms with E-state index in [4.69, 9.17) is 31.9 Å². The maximum Gasteiger partial charge on any atom is 0.164 e. The molecule has 0 aliphatic carbocycles. The Bertz CT molecular complexity index is 1370. The molecule has 2 atom stereocenters. The van der Waals surface area contributed by atoms with Crippen LogP contribution in [0, 0.1) is 18.3 Å². The first-order valence-corrected chi connectivity index (χ1v) is 14.2. The van der Waals surface area contributed by atoms with Gasteiger partial charge >= 0.3 is 0 Å². The van der Waals surface area contributed by atoms with Crippen LogP contribution in [0.2, 0.25) is 5.02 Å². The summed E-state index contributed by atoms with van der Waals surface area (Å²) in [6.07, 6.45) is 3.69. The highest BCUT2D eigenvalue weighted by molar-refractivity contribution is 6.32. The number of nitrogens with zero attached hydrogens (tertiary/aromatic N) is 6. The molecule has 9 nitrogen and oxygen atoms in total. The van der Waals surface area contributed by atoms with Gasteiger partial charge in [0.1, 0.15) is 24.0 Å². The van der Waals surface area contributed by atoms with Crippen LogP contribution in [0.15, 0.2) is 12.4 Å². The van der Waals surface area contributed by atoms with Gasteiger partial charge in [0.15, 0.2) is 5.65 Å². The standard InChI is InChI=1S/C29H40ClN7O2/c1-8-10-11-39-19(5)29(6,7)36-14-20(15-36)25-22(13-31)23(30)12-21(26(25)38-9-2)18(4)37-28-24(17(3)35-37)27(32)33-16-34-28/h12,16,18-20H,8-11,14-15H2,1-7H3,(H2,32,33,34)/t18?,19-/m0/s1. The molecule has 210 valence electrons. The van der Waals surface area contributed by atoms with Crippen molar-refractivity contribution in [2.75, 3.05) is 32.0 Å². The number of rotatable bonds is 11. The monoisotopic (exact) mass is 553 g/mol. The molecule has 4 rings (SSSR count). The number of aryl methyl sites for hydroxylation is 1. The van der Waals surface area contributed by atoms with Crippen LogP contribution in [-0.2, 0) is 4.74 Å². The minimum atomic E-state index is -0.277. The fraction of sp³-hybridized carbons (Fsp3) is 0.586. The van der Waals surface area contributed by atoms with Crippen LogP contribution < -0.4 is 10.5 Å². The molecule has 1 aromatic carbocycles. The summed E-state index contributed by atoms with van der Waals surface area (Å²) in [7, 11) is 0. The van der Waals surface area contributed by atoms with E-state index < -0.39 is 0 Å². The van der Waals surface area contributed by atoms with Crippen molar-refractivity contribution < 1.29 is 9.47 Å². The van der Waals surface area contributed by atoms with Gasteiger partial charge in [-0.1, -0.05) is 24.9 Å². The fourth-order valence-electron chi connectivity index (χ4n) is 5.36. The summed E-state index contributed by atoms with van der Waals surface area (Å²) in [6, 6.07) is 3.91. The lowest BCUT2D eigenvalue weighted by atomic mass is 9.81. The van der Waals surface area contributed by atoms with Crippen molar-refractivity contribution in [1.82, 2.24) is 24.6 Å². The lowest BCUT2D eigenvalue weighted by molar-refractivity contribution is -0.0778. The van der Waals surface area contributed by atoms with E-state index in [9.17, 15) is 5.26 Å². The Kier molecular flexibility index (Phi) is 8.69. The van der Waals surface area contributed by atoms with Gasteiger partial charge in [-0.25, -0.2) is 14.6 Å². The van der Waals surface area contributed by atoms with Crippen LogP contribution in [0.5, 0.6) is 5.75 Å². The summed E-state index contributed by atoms with van der Waals surface area (Å²) in [4.78, 5) is 11.0. The third kappa shape index (κ3) is 5.30. The van der Waals surface area contributed by atoms with E-state index in [2.05, 4.69) is 48.6 Å². The Morgan fingerprint density at radius 3 is 2.62 bits per heavy atom. The lowest BCUT2D eigenvalue weighted by Gasteiger charge is -2.52. The number of nitrogen functional groups attached to an aromatic ring is 1. The number of nitriles is 1. The zero-order valence-corrected chi connectivity index (χ0v) is 24.8. The Hall–Kier alpha value is -2.93. The summed E-state index contributed by atoms with van der Waals surface area (Å²) in [6.45, 7) is 17.4. The Morgan fingerprint density at radius 2 is 1.97 bits per heavy atom. The number of likely N-dealkylation sites (tertiary alicyclic amines) is 1. The minimum absolute atomic E-state index is 0.0764. The molecule has 1 aliphatic heterocycles. The average Bonchev–Trinajstić information content (AvgIpc) is 3.21. The molecule has 0 amide bonds. The van der Waals surface area contributed by atoms with E-state index in [1.54, 1.807) is 0 Å². The van der Waals surface area contributed by atoms with Gasteiger partial charge in [0.25, 0.3) is 0 Å². The maximum atomic E-state index is 10.1. The highest BCUT2D eigenvalue weighted by atomic mass is 35.5. The number of nitrogens with two attached hydrogens (primary N) is 1. The van der Waals surface area contributed by atoms with E-state index in [0.29, 0.717) is 34.4 Å². The number of fused-ring (bicyclic) bond motifs is 1. The van der Waals surface area contributed by atoms with E-state index in [-0.39, 0.29) is 23.6 Å². The molecule has 0 saturated carbocycles. The van der Waals surface area contributed by atoms with Crippen molar-refractivity contribution in [3.8, 4) is 11.8 Å². The molecule has 2 N–H and O–H groups in total. The quantitative estimate of drug-likeness (QED) is 0.304. The van der Waals surface area contributed by atoms with Gasteiger partial charge < -0.3 is 15.2 Å². The molecule has 1 fully saturated rings. The first-order chi connectivity index (χ1) is 18.6. The summed E-state index contributed by atoms with van der Waals surface area (Å²) >= 11 is 6.77. The van der Waals surface area contributed by atoms with Gasteiger partial charge in [0, 0.05) is 42.3 Å². The molecule has 3 aromatic rings. The smallest absolute Gasteiger partial charge is 0.164 e. The van der Waals surface area contributed by atoms with E-state index in [1.165, 1.54) is 6.33 Å². The van der Waals surface area contributed by atoms with Crippen LogP contribution >= 0.6 is 11.6 Å². The largest absolute Gasteiger partial charge is 0.493 e. The van der Waals surface area contributed by atoms with Crippen molar-refractivity contribution >= 4 is 28.5 Å². The Morgan fingerprint density at radius 1 is 1.26 bits per heavy atom. The van der Waals surface area contributed by atoms with Crippen LogP contribution in [-0.4, -0.2) is 62.6 Å². The molecule has 0 spiro atoms. The van der Waals surface area contributed by atoms with Gasteiger partial charge in [-0.05, 0) is 54.0 Å². The number of halogens is 1. The van der Waals surface area contributed by atoms with Gasteiger partial charge in [0.05, 0.1) is 40.4 Å². The van der Waals surface area contributed by atoms with Crippen LogP contribution in [0.25, 0.3) is 11.0 Å². The molecule has 39 heavy (non-hydrogen) atoms. The van der Waals surface area contributed by atoms with E-state index >= 15 is 0 Å². The van der Waals surface area contributed by atoms with Gasteiger partial charge in [0.2, 0.25) is 0 Å². The van der Waals surface area contributed by atoms with Gasteiger partial charge in [-0.2, -0.15) is 10.4 Å². The summed E-state index contributed by atoms with van der Waals surface area (Å²) < 4.78 is 14.3. The number of ether oxygens (including phenoxy) is 2. The zero-order valence-electron chi connectivity index (χ0n) is 24.1. The molecule has 1 unspecified atom stereocenters. The van der Waals surface area contributed by atoms with Crippen molar-refractivity contribution in [3.63, 3.8) is 0 Å².